The van der Waals surface area contributed by atoms with Crippen molar-refractivity contribution in [3.63, 3.8) is 0 Å². The Hall–Kier alpha value is -2.18. The minimum absolute atomic E-state index is 0.219. The quantitative estimate of drug-likeness (QED) is 0.433. The first-order valence-electron chi connectivity index (χ1n) is 9.75. The molecule has 0 bridgehead atoms. The third-order valence-electron chi connectivity index (χ3n) is 4.78. The van der Waals surface area contributed by atoms with E-state index in [1.807, 2.05) is 18.2 Å². The van der Waals surface area contributed by atoms with Gasteiger partial charge >= 0.3 is 0 Å². The fraction of sp³-hybridized carbons (Fsp3) is 0.364. The van der Waals surface area contributed by atoms with Crippen molar-refractivity contribution in [3.05, 3.63) is 71.0 Å². The van der Waals surface area contributed by atoms with Crippen LogP contribution < -0.4 is 5.73 Å². The molecular formula is C22H27FN4S. The molecule has 0 spiro atoms. The van der Waals surface area contributed by atoms with E-state index in [0.717, 1.165) is 36.5 Å². The lowest BCUT2D eigenvalue weighted by Gasteiger charge is -2.20. The maximum atomic E-state index is 13.8. The molecule has 2 aromatic carbocycles. The largest absolute Gasteiger partial charge is 0.377 e. The standard InChI is InChI=1S/C22H27FN4S/c23-21-11-10-19(20(14-21)16-27-12-6-1-2-7-13-27)15-25-26-22(24)28-17-18-8-4-3-5-9-18/h3-5,8-11,14-15H,1-2,6-7,12-13,16-17H2,(H2,24,26). The summed E-state index contributed by atoms with van der Waals surface area (Å²) in [6.07, 6.45) is 6.64. The summed E-state index contributed by atoms with van der Waals surface area (Å²) in [6, 6.07) is 14.9. The first-order chi connectivity index (χ1) is 13.7. The van der Waals surface area contributed by atoms with E-state index in [1.165, 1.54) is 49.1 Å². The van der Waals surface area contributed by atoms with Crippen molar-refractivity contribution >= 4 is 23.1 Å². The van der Waals surface area contributed by atoms with Gasteiger partial charge in [0.15, 0.2) is 5.17 Å². The summed E-state index contributed by atoms with van der Waals surface area (Å²) in [6.45, 7) is 2.86. The molecule has 0 saturated carbocycles. The third kappa shape index (κ3) is 6.77. The predicted octanol–water partition coefficient (Wildman–Crippen LogP) is 4.78. The van der Waals surface area contributed by atoms with Crippen LogP contribution >= 0.6 is 11.8 Å². The molecule has 6 heteroatoms. The van der Waals surface area contributed by atoms with Crippen molar-refractivity contribution in [1.82, 2.24) is 4.90 Å². The molecule has 1 fully saturated rings. The highest BCUT2D eigenvalue weighted by Gasteiger charge is 2.12. The van der Waals surface area contributed by atoms with Crippen LogP contribution in [-0.2, 0) is 12.3 Å². The van der Waals surface area contributed by atoms with E-state index in [2.05, 4.69) is 27.2 Å². The van der Waals surface area contributed by atoms with Gasteiger partial charge in [-0.15, -0.1) is 5.10 Å². The van der Waals surface area contributed by atoms with Gasteiger partial charge in [-0.2, -0.15) is 5.10 Å². The van der Waals surface area contributed by atoms with Crippen LogP contribution in [0.15, 0.2) is 58.7 Å². The van der Waals surface area contributed by atoms with E-state index in [9.17, 15) is 4.39 Å². The number of hydrogen-bond acceptors (Lipinski definition) is 4. The van der Waals surface area contributed by atoms with Crippen molar-refractivity contribution in [2.24, 2.45) is 15.9 Å². The maximum Gasteiger partial charge on any atom is 0.180 e. The zero-order valence-corrected chi connectivity index (χ0v) is 16.9. The molecule has 3 rings (SSSR count). The number of hydrogen-bond donors (Lipinski definition) is 1. The molecule has 0 unspecified atom stereocenters. The first-order valence-corrected chi connectivity index (χ1v) is 10.7. The second-order valence-electron chi connectivity index (χ2n) is 6.99. The lowest BCUT2D eigenvalue weighted by Crippen LogP contribution is -2.24. The van der Waals surface area contributed by atoms with E-state index in [0.29, 0.717) is 5.17 Å². The summed E-state index contributed by atoms with van der Waals surface area (Å²) in [7, 11) is 0. The van der Waals surface area contributed by atoms with Crippen molar-refractivity contribution in [1.29, 1.82) is 0 Å². The Morgan fingerprint density at radius 1 is 1.07 bits per heavy atom. The minimum Gasteiger partial charge on any atom is -0.377 e. The fourth-order valence-electron chi connectivity index (χ4n) is 3.28. The lowest BCUT2D eigenvalue weighted by molar-refractivity contribution is 0.276. The number of likely N-dealkylation sites (tertiary alicyclic amines) is 1. The normalized spacial score (nSPS) is 16.4. The van der Waals surface area contributed by atoms with Gasteiger partial charge in [0, 0.05) is 12.3 Å². The fourth-order valence-corrected chi connectivity index (χ4v) is 3.89. The Labute approximate surface area is 170 Å². The zero-order valence-electron chi connectivity index (χ0n) is 16.1. The molecule has 0 aromatic heterocycles. The minimum atomic E-state index is -0.219. The Bertz CT molecular complexity index is 799. The molecule has 1 aliphatic rings. The summed E-state index contributed by atoms with van der Waals surface area (Å²) >= 11 is 1.45. The van der Waals surface area contributed by atoms with Gasteiger partial charge in [0.2, 0.25) is 0 Å². The van der Waals surface area contributed by atoms with Crippen molar-refractivity contribution in [3.8, 4) is 0 Å². The van der Waals surface area contributed by atoms with Crippen LogP contribution in [-0.4, -0.2) is 29.4 Å². The Balaban J connectivity index is 1.62. The lowest BCUT2D eigenvalue weighted by atomic mass is 10.1. The summed E-state index contributed by atoms with van der Waals surface area (Å²) in [4.78, 5) is 2.40. The van der Waals surface area contributed by atoms with Gasteiger partial charge < -0.3 is 5.73 Å². The molecule has 1 aliphatic heterocycles. The third-order valence-corrected chi connectivity index (χ3v) is 5.64. The number of thioether (sulfide) groups is 1. The number of nitrogens with zero attached hydrogens (tertiary/aromatic N) is 3. The van der Waals surface area contributed by atoms with Gasteiger partial charge in [-0.25, -0.2) is 4.39 Å². The second kappa shape index (κ2) is 11.0. The smallest absolute Gasteiger partial charge is 0.180 e. The topological polar surface area (TPSA) is 54.0 Å². The molecule has 0 amide bonds. The Morgan fingerprint density at radius 2 is 1.82 bits per heavy atom. The molecular weight excluding hydrogens is 371 g/mol. The number of rotatable bonds is 6. The van der Waals surface area contributed by atoms with Crippen molar-refractivity contribution in [2.45, 2.75) is 38.0 Å². The number of benzene rings is 2. The van der Waals surface area contributed by atoms with Crippen LogP contribution in [0, 0.1) is 5.82 Å². The van der Waals surface area contributed by atoms with E-state index in [-0.39, 0.29) is 5.82 Å². The number of nitrogens with two attached hydrogens (primary N) is 1. The Kier molecular flexibility index (Phi) is 8.06. The van der Waals surface area contributed by atoms with Crippen LogP contribution in [0.3, 0.4) is 0 Å². The molecule has 0 atom stereocenters. The highest BCUT2D eigenvalue weighted by molar-refractivity contribution is 8.13. The van der Waals surface area contributed by atoms with Gasteiger partial charge in [0.25, 0.3) is 0 Å². The summed E-state index contributed by atoms with van der Waals surface area (Å²) in [5.41, 5.74) is 8.96. The molecule has 1 saturated heterocycles. The van der Waals surface area contributed by atoms with Crippen molar-refractivity contribution in [2.75, 3.05) is 13.1 Å². The molecule has 0 radical (unpaired) electrons. The first kappa shape index (κ1) is 20.6. The summed E-state index contributed by atoms with van der Waals surface area (Å²) < 4.78 is 13.8. The molecule has 4 nitrogen and oxygen atoms in total. The van der Waals surface area contributed by atoms with Gasteiger partial charge in [-0.05, 0) is 54.8 Å². The van der Waals surface area contributed by atoms with E-state index in [4.69, 9.17) is 5.73 Å². The van der Waals surface area contributed by atoms with Gasteiger partial charge in [-0.3, -0.25) is 4.90 Å². The number of halogens is 1. The highest BCUT2D eigenvalue weighted by atomic mass is 32.2. The monoisotopic (exact) mass is 398 g/mol. The molecule has 0 aliphatic carbocycles. The summed E-state index contributed by atoms with van der Waals surface area (Å²) in [5, 5.41) is 8.62. The summed E-state index contributed by atoms with van der Waals surface area (Å²) in [5.74, 6) is 0.533. The SMILES string of the molecule is NC(=NN=Cc1ccc(F)cc1CN1CCCCCC1)SCc1ccccc1. The number of amidine groups is 1. The molecule has 2 N–H and O–H groups in total. The van der Waals surface area contributed by atoms with Gasteiger partial charge in [0.05, 0.1) is 6.21 Å². The predicted molar refractivity (Wildman–Crippen MR) is 117 cm³/mol. The zero-order chi connectivity index (χ0) is 19.6. The average Bonchev–Trinajstić information content (AvgIpc) is 2.97. The van der Waals surface area contributed by atoms with E-state index >= 15 is 0 Å². The van der Waals surface area contributed by atoms with Crippen molar-refractivity contribution < 1.29 is 4.39 Å². The molecule has 1 heterocycles. The van der Waals surface area contributed by atoms with Crippen LogP contribution in [0.1, 0.15) is 42.4 Å². The second-order valence-corrected chi connectivity index (χ2v) is 7.99. The van der Waals surface area contributed by atoms with Crippen LogP contribution in [0.4, 0.5) is 4.39 Å². The maximum absolute atomic E-state index is 13.8. The Morgan fingerprint density at radius 3 is 2.57 bits per heavy atom. The highest BCUT2D eigenvalue weighted by Crippen LogP contribution is 2.17. The molecule has 2 aromatic rings. The van der Waals surface area contributed by atoms with Gasteiger partial charge in [0.1, 0.15) is 5.82 Å². The van der Waals surface area contributed by atoms with E-state index in [1.54, 1.807) is 18.3 Å². The van der Waals surface area contributed by atoms with E-state index < -0.39 is 0 Å². The molecule has 28 heavy (non-hydrogen) atoms. The van der Waals surface area contributed by atoms with Crippen LogP contribution in [0.5, 0.6) is 0 Å². The average molecular weight is 399 g/mol. The van der Waals surface area contributed by atoms with Crippen LogP contribution in [0.2, 0.25) is 0 Å². The molecule has 148 valence electrons. The van der Waals surface area contributed by atoms with Crippen LogP contribution in [0.25, 0.3) is 0 Å². The van der Waals surface area contributed by atoms with Gasteiger partial charge in [-0.1, -0.05) is 61.0 Å².